The molecule has 1 aromatic rings. The van der Waals surface area contributed by atoms with Crippen LogP contribution >= 0.6 is 24.0 Å². The summed E-state index contributed by atoms with van der Waals surface area (Å²) in [6, 6.07) is 0.242. The van der Waals surface area contributed by atoms with Crippen LogP contribution in [-0.4, -0.2) is 40.3 Å². The van der Waals surface area contributed by atoms with E-state index in [0.717, 1.165) is 23.8 Å². The van der Waals surface area contributed by atoms with Crippen molar-refractivity contribution in [3.8, 4) is 0 Å². The Morgan fingerprint density at radius 1 is 1.52 bits per heavy atom. The van der Waals surface area contributed by atoms with Crippen molar-refractivity contribution >= 4 is 29.9 Å². The molecule has 0 spiro atoms. The summed E-state index contributed by atoms with van der Waals surface area (Å²) >= 11 is 0. The van der Waals surface area contributed by atoms with Gasteiger partial charge in [-0.2, -0.15) is 8.78 Å². The van der Waals surface area contributed by atoms with Crippen LogP contribution in [0.15, 0.2) is 17.4 Å². The fourth-order valence-corrected chi connectivity index (χ4v) is 3.08. The molecule has 23 heavy (non-hydrogen) atoms. The molecule has 2 bridgehead atoms. The number of guanidine groups is 1. The van der Waals surface area contributed by atoms with Crippen molar-refractivity contribution in [3.63, 3.8) is 0 Å². The zero-order chi connectivity index (χ0) is 15.5. The summed E-state index contributed by atoms with van der Waals surface area (Å²) in [5.74, 6) is 0.865. The highest BCUT2D eigenvalue weighted by Gasteiger charge is 2.41. The Morgan fingerprint density at radius 3 is 2.96 bits per heavy atom. The zero-order valence-electron chi connectivity index (χ0n) is 12.9. The molecule has 3 rings (SSSR count). The summed E-state index contributed by atoms with van der Waals surface area (Å²) in [6.07, 6.45) is 6.38. The molecule has 0 amide bonds. The third kappa shape index (κ3) is 4.31. The van der Waals surface area contributed by atoms with Crippen molar-refractivity contribution in [1.82, 2.24) is 20.2 Å². The molecule has 6 nitrogen and oxygen atoms in total. The van der Waals surface area contributed by atoms with E-state index in [0.29, 0.717) is 18.6 Å². The molecule has 0 aromatic carbocycles. The maximum atomic E-state index is 12.8. The van der Waals surface area contributed by atoms with Crippen LogP contribution in [0.5, 0.6) is 0 Å². The second kappa shape index (κ2) is 8.22. The average molecular weight is 441 g/mol. The lowest BCUT2D eigenvalue weighted by Crippen LogP contribution is -2.47. The van der Waals surface area contributed by atoms with E-state index in [1.54, 1.807) is 0 Å². The molecule has 2 N–H and O–H groups in total. The number of aromatic nitrogens is 2. The van der Waals surface area contributed by atoms with E-state index >= 15 is 0 Å². The summed E-state index contributed by atoms with van der Waals surface area (Å²) in [6.45, 7) is 0.182. The van der Waals surface area contributed by atoms with Crippen molar-refractivity contribution in [2.24, 2.45) is 4.99 Å². The SMILES string of the molecule is CCNC(=NCc1nccn1C(F)F)NC1CC2CCC1O2.I. The molecule has 0 aliphatic carbocycles. The number of ether oxygens (including phenoxy) is 1. The van der Waals surface area contributed by atoms with Crippen LogP contribution in [0.4, 0.5) is 8.78 Å². The molecule has 0 saturated carbocycles. The van der Waals surface area contributed by atoms with E-state index in [-0.39, 0.29) is 48.5 Å². The highest BCUT2D eigenvalue weighted by Crippen LogP contribution is 2.34. The smallest absolute Gasteiger partial charge is 0.319 e. The summed E-state index contributed by atoms with van der Waals surface area (Å²) in [7, 11) is 0. The molecule has 3 unspecified atom stereocenters. The lowest BCUT2D eigenvalue weighted by atomic mass is 9.96. The molecular weight excluding hydrogens is 419 g/mol. The highest BCUT2D eigenvalue weighted by atomic mass is 127. The molecule has 2 saturated heterocycles. The van der Waals surface area contributed by atoms with Gasteiger partial charge >= 0.3 is 6.55 Å². The first-order valence-electron chi connectivity index (χ1n) is 7.67. The molecule has 1 aromatic heterocycles. The minimum Gasteiger partial charge on any atom is -0.373 e. The standard InChI is InChI=1S/C14H21F2N5O.HI/c1-2-17-14(20-10-7-9-3-4-11(10)22-9)19-8-12-18-5-6-21(12)13(15)16;/h5-6,9-11,13H,2-4,7-8H2,1H3,(H2,17,19,20);1H. The summed E-state index contributed by atoms with van der Waals surface area (Å²) < 4.78 is 32.2. The van der Waals surface area contributed by atoms with Gasteiger partial charge in [0.25, 0.3) is 0 Å². The molecule has 3 heterocycles. The Kier molecular flexibility index (Phi) is 6.57. The fourth-order valence-electron chi connectivity index (χ4n) is 3.08. The number of aliphatic imine (C=N–C) groups is 1. The van der Waals surface area contributed by atoms with Crippen molar-refractivity contribution in [2.45, 2.75) is 57.5 Å². The van der Waals surface area contributed by atoms with Gasteiger partial charge in [0, 0.05) is 18.9 Å². The Labute approximate surface area is 151 Å². The number of nitrogens with one attached hydrogen (secondary N) is 2. The third-order valence-electron chi connectivity index (χ3n) is 4.11. The quantitative estimate of drug-likeness (QED) is 0.418. The number of rotatable bonds is 5. The Morgan fingerprint density at radius 2 is 2.35 bits per heavy atom. The van der Waals surface area contributed by atoms with Crippen LogP contribution in [0.1, 0.15) is 38.6 Å². The Balaban J connectivity index is 0.00000192. The number of fused-ring (bicyclic) bond motifs is 2. The Hall–Kier alpha value is -0.970. The van der Waals surface area contributed by atoms with Crippen LogP contribution in [0.2, 0.25) is 0 Å². The monoisotopic (exact) mass is 441 g/mol. The van der Waals surface area contributed by atoms with Crippen LogP contribution < -0.4 is 10.6 Å². The zero-order valence-corrected chi connectivity index (χ0v) is 15.2. The van der Waals surface area contributed by atoms with E-state index in [1.165, 1.54) is 12.4 Å². The van der Waals surface area contributed by atoms with E-state index in [1.807, 2.05) is 6.92 Å². The first-order valence-corrected chi connectivity index (χ1v) is 7.67. The van der Waals surface area contributed by atoms with E-state index in [2.05, 4.69) is 20.6 Å². The van der Waals surface area contributed by atoms with Gasteiger partial charge in [0.15, 0.2) is 5.96 Å². The fraction of sp³-hybridized carbons (Fsp3) is 0.714. The average Bonchev–Trinajstić information content (AvgIpc) is 3.20. The van der Waals surface area contributed by atoms with Gasteiger partial charge in [-0.3, -0.25) is 4.57 Å². The van der Waals surface area contributed by atoms with Gasteiger partial charge < -0.3 is 15.4 Å². The predicted octanol–water partition coefficient (Wildman–Crippen LogP) is 2.27. The van der Waals surface area contributed by atoms with Crippen molar-refractivity contribution in [1.29, 1.82) is 0 Å². The van der Waals surface area contributed by atoms with Crippen molar-refractivity contribution in [3.05, 3.63) is 18.2 Å². The minimum atomic E-state index is -2.60. The van der Waals surface area contributed by atoms with Crippen LogP contribution in [0.25, 0.3) is 0 Å². The number of halogens is 3. The van der Waals surface area contributed by atoms with Gasteiger partial charge in [-0.15, -0.1) is 24.0 Å². The van der Waals surface area contributed by atoms with Gasteiger partial charge in [0.05, 0.1) is 18.2 Å². The van der Waals surface area contributed by atoms with Crippen molar-refractivity contribution in [2.75, 3.05) is 6.54 Å². The van der Waals surface area contributed by atoms with Crippen molar-refractivity contribution < 1.29 is 13.5 Å². The Bertz CT molecular complexity index is 539. The largest absolute Gasteiger partial charge is 0.373 e. The third-order valence-corrected chi connectivity index (χ3v) is 4.11. The molecule has 130 valence electrons. The minimum absolute atomic E-state index is 0. The maximum absolute atomic E-state index is 12.8. The highest BCUT2D eigenvalue weighted by molar-refractivity contribution is 14.0. The lowest BCUT2D eigenvalue weighted by Gasteiger charge is -2.22. The second-order valence-electron chi connectivity index (χ2n) is 5.58. The molecular formula is C14H22F2IN5O. The molecule has 3 atom stereocenters. The topological polar surface area (TPSA) is 63.5 Å². The molecule has 2 aliphatic rings. The number of hydrogen-bond donors (Lipinski definition) is 2. The molecule has 0 radical (unpaired) electrons. The number of nitrogens with zero attached hydrogens (tertiary/aromatic N) is 3. The predicted molar refractivity (Wildman–Crippen MR) is 93.1 cm³/mol. The second-order valence-corrected chi connectivity index (χ2v) is 5.58. The molecule has 9 heteroatoms. The summed E-state index contributed by atoms with van der Waals surface area (Å²) in [5.41, 5.74) is 0. The first-order chi connectivity index (χ1) is 10.7. The molecule has 2 fully saturated rings. The lowest BCUT2D eigenvalue weighted by molar-refractivity contribution is 0.0671. The normalized spacial score (nSPS) is 26.4. The van der Waals surface area contributed by atoms with Gasteiger partial charge in [0.1, 0.15) is 12.4 Å². The number of hydrogen-bond acceptors (Lipinski definition) is 3. The maximum Gasteiger partial charge on any atom is 0.319 e. The van der Waals surface area contributed by atoms with E-state index in [9.17, 15) is 8.78 Å². The number of imidazole rings is 1. The summed E-state index contributed by atoms with van der Waals surface area (Å²) in [4.78, 5) is 8.30. The van der Waals surface area contributed by atoms with E-state index < -0.39 is 6.55 Å². The van der Waals surface area contributed by atoms with Crippen LogP contribution in [0.3, 0.4) is 0 Å². The van der Waals surface area contributed by atoms with Crippen LogP contribution in [0, 0.1) is 0 Å². The first kappa shape index (κ1) is 18.4. The summed E-state index contributed by atoms with van der Waals surface area (Å²) in [5, 5.41) is 6.49. The number of alkyl halides is 2. The van der Waals surface area contributed by atoms with Gasteiger partial charge in [-0.05, 0) is 26.2 Å². The van der Waals surface area contributed by atoms with E-state index in [4.69, 9.17) is 4.74 Å². The van der Waals surface area contributed by atoms with Crippen LogP contribution in [-0.2, 0) is 11.3 Å². The van der Waals surface area contributed by atoms with Gasteiger partial charge in [-0.1, -0.05) is 0 Å². The van der Waals surface area contributed by atoms with Gasteiger partial charge in [-0.25, -0.2) is 9.98 Å². The van der Waals surface area contributed by atoms with Gasteiger partial charge in [0.2, 0.25) is 0 Å². The molecule has 2 aliphatic heterocycles.